The first-order valence-electron chi connectivity index (χ1n) is 5.65. The van der Waals surface area contributed by atoms with Crippen LogP contribution in [0.2, 0.25) is 0 Å². The third-order valence-corrected chi connectivity index (χ3v) is 2.82. The molecule has 94 valence electrons. The number of aromatic nitrogens is 2. The second-order valence-corrected chi connectivity index (χ2v) is 4.19. The molecule has 0 radical (unpaired) electrons. The van der Waals surface area contributed by atoms with Gasteiger partial charge >= 0.3 is 6.18 Å². The Labute approximate surface area is 97.7 Å². The van der Waals surface area contributed by atoms with E-state index in [9.17, 15) is 13.2 Å². The van der Waals surface area contributed by atoms with Crippen LogP contribution in [0.1, 0.15) is 30.4 Å². The van der Waals surface area contributed by atoms with E-state index in [0.29, 0.717) is 12.2 Å². The Morgan fingerprint density at radius 2 is 2.18 bits per heavy atom. The monoisotopic (exact) mass is 245 g/mol. The van der Waals surface area contributed by atoms with Crippen LogP contribution in [0.4, 0.5) is 13.2 Å². The normalized spacial score (nSPS) is 16.9. The van der Waals surface area contributed by atoms with Gasteiger partial charge in [-0.1, -0.05) is 6.92 Å². The van der Waals surface area contributed by atoms with Crippen LogP contribution in [0.25, 0.3) is 0 Å². The molecule has 1 aromatic heterocycles. The van der Waals surface area contributed by atoms with Crippen molar-refractivity contribution in [3.05, 3.63) is 23.3 Å². The second-order valence-electron chi connectivity index (χ2n) is 4.19. The molecule has 6 heteroatoms. The van der Waals surface area contributed by atoms with Gasteiger partial charge in [0.25, 0.3) is 0 Å². The third kappa shape index (κ3) is 2.74. The molecule has 0 atom stereocenters. The van der Waals surface area contributed by atoms with E-state index in [1.54, 1.807) is 0 Å². The first-order chi connectivity index (χ1) is 8.00. The van der Waals surface area contributed by atoms with Gasteiger partial charge in [-0.2, -0.15) is 13.2 Å². The van der Waals surface area contributed by atoms with Crippen molar-refractivity contribution < 1.29 is 13.2 Å². The zero-order valence-electron chi connectivity index (χ0n) is 9.59. The summed E-state index contributed by atoms with van der Waals surface area (Å²) in [6, 6.07) is 0. The van der Waals surface area contributed by atoms with Crippen molar-refractivity contribution in [2.75, 3.05) is 13.1 Å². The SMILES string of the molecule is CCCN1CCc2cnc(C(F)(F)F)nc2C1. The molecule has 1 aliphatic heterocycles. The molecule has 0 saturated carbocycles. The Kier molecular flexibility index (Phi) is 3.33. The Morgan fingerprint density at radius 3 is 2.82 bits per heavy atom. The second kappa shape index (κ2) is 4.60. The molecule has 0 saturated heterocycles. The lowest BCUT2D eigenvalue weighted by atomic mass is 10.1. The van der Waals surface area contributed by atoms with Crippen LogP contribution in [0.15, 0.2) is 6.20 Å². The number of rotatable bonds is 2. The van der Waals surface area contributed by atoms with Crippen LogP contribution in [-0.4, -0.2) is 28.0 Å². The Hall–Kier alpha value is -1.17. The number of nitrogens with zero attached hydrogens (tertiary/aromatic N) is 3. The summed E-state index contributed by atoms with van der Waals surface area (Å²) in [5.41, 5.74) is 1.36. The number of hydrogen-bond acceptors (Lipinski definition) is 3. The number of halogens is 3. The standard InChI is InChI=1S/C11H14F3N3/c1-2-4-17-5-3-8-6-15-10(11(12,13)14)16-9(8)7-17/h6H,2-5,7H2,1H3. The molecule has 0 aromatic carbocycles. The minimum atomic E-state index is -4.46. The largest absolute Gasteiger partial charge is 0.451 e. The fraction of sp³-hybridized carbons (Fsp3) is 0.636. The Balaban J connectivity index is 2.23. The summed E-state index contributed by atoms with van der Waals surface area (Å²) in [5.74, 6) is -1.03. The van der Waals surface area contributed by atoms with E-state index in [4.69, 9.17) is 0 Å². The minimum absolute atomic E-state index is 0.495. The predicted octanol–water partition coefficient (Wildman–Crippen LogP) is 2.26. The van der Waals surface area contributed by atoms with E-state index in [0.717, 1.165) is 31.5 Å². The summed E-state index contributed by atoms with van der Waals surface area (Å²) in [5, 5.41) is 0. The summed E-state index contributed by atoms with van der Waals surface area (Å²) < 4.78 is 37.4. The van der Waals surface area contributed by atoms with Gasteiger partial charge in [0.2, 0.25) is 5.82 Å². The van der Waals surface area contributed by atoms with Crippen LogP contribution in [0.3, 0.4) is 0 Å². The summed E-state index contributed by atoms with van der Waals surface area (Å²) in [6.45, 7) is 4.31. The van der Waals surface area contributed by atoms with Gasteiger partial charge in [0.05, 0.1) is 5.69 Å². The maximum Gasteiger partial charge on any atom is 0.451 e. The third-order valence-electron chi connectivity index (χ3n) is 2.82. The number of hydrogen-bond donors (Lipinski definition) is 0. The van der Waals surface area contributed by atoms with E-state index < -0.39 is 12.0 Å². The molecule has 1 aliphatic rings. The van der Waals surface area contributed by atoms with E-state index >= 15 is 0 Å². The van der Waals surface area contributed by atoms with Gasteiger partial charge < -0.3 is 0 Å². The first-order valence-corrected chi connectivity index (χ1v) is 5.65. The van der Waals surface area contributed by atoms with Crippen molar-refractivity contribution in [3.63, 3.8) is 0 Å². The van der Waals surface area contributed by atoms with Crippen LogP contribution in [0, 0.1) is 0 Å². The topological polar surface area (TPSA) is 29.0 Å². The van der Waals surface area contributed by atoms with E-state index in [1.165, 1.54) is 6.20 Å². The molecule has 17 heavy (non-hydrogen) atoms. The molecule has 2 heterocycles. The smallest absolute Gasteiger partial charge is 0.297 e. The zero-order valence-corrected chi connectivity index (χ0v) is 9.59. The molecular weight excluding hydrogens is 231 g/mol. The van der Waals surface area contributed by atoms with Crippen molar-refractivity contribution in [2.45, 2.75) is 32.5 Å². The van der Waals surface area contributed by atoms with E-state index in [-0.39, 0.29) is 0 Å². The molecule has 0 amide bonds. The highest BCUT2D eigenvalue weighted by molar-refractivity contribution is 5.21. The first kappa shape index (κ1) is 12.3. The van der Waals surface area contributed by atoms with E-state index in [1.807, 2.05) is 0 Å². The summed E-state index contributed by atoms with van der Waals surface area (Å²) in [7, 11) is 0. The summed E-state index contributed by atoms with van der Waals surface area (Å²) in [6.07, 6.45) is -1.42. The molecule has 0 spiro atoms. The number of alkyl halides is 3. The van der Waals surface area contributed by atoms with Crippen molar-refractivity contribution in [3.8, 4) is 0 Å². The highest BCUT2D eigenvalue weighted by atomic mass is 19.4. The van der Waals surface area contributed by atoms with Crippen molar-refractivity contribution >= 4 is 0 Å². The van der Waals surface area contributed by atoms with Crippen LogP contribution in [0.5, 0.6) is 0 Å². The average molecular weight is 245 g/mol. The van der Waals surface area contributed by atoms with Crippen molar-refractivity contribution in [2.24, 2.45) is 0 Å². The van der Waals surface area contributed by atoms with E-state index in [2.05, 4.69) is 21.8 Å². The van der Waals surface area contributed by atoms with Crippen LogP contribution < -0.4 is 0 Å². The lowest BCUT2D eigenvalue weighted by molar-refractivity contribution is -0.145. The highest BCUT2D eigenvalue weighted by Crippen LogP contribution is 2.27. The average Bonchev–Trinajstić information content (AvgIpc) is 2.27. The van der Waals surface area contributed by atoms with Gasteiger partial charge in [0.1, 0.15) is 0 Å². The minimum Gasteiger partial charge on any atom is -0.297 e. The quantitative estimate of drug-likeness (QED) is 0.800. The zero-order chi connectivity index (χ0) is 12.5. The lowest BCUT2D eigenvalue weighted by Gasteiger charge is -2.27. The maximum absolute atomic E-state index is 12.5. The van der Waals surface area contributed by atoms with Crippen LogP contribution in [-0.2, 0) is 19.1 Å². The van der Waals surface area contributed by atoms with Gasteiger partial charge in [-0.25, -0.2) is 9.97 Å². The molecule has 0 unspecified atom stereocenters. The lowest BCUT2D eigenvalue weighted by Crippen LogP contribution is -2.32. The van der Waals surface area contributed by atoms with Gasteiger partial charge in [0.15, 0.2) is 0 Å². The van der Waals surface area contributed by atoms with Crippen molar-refractivity contribution in [1.82, 2.24) is 14.9 Å². The molecule has 0 fully saturated rings. The summed E-state index contributed by atoms with van der Waals surface area (Å²) >= 11 is 0. The van der Waals surface area contributed by atoms with Gasteiger partial charge in [-0.3, -0.25) is 4.90 Å². The molecule has 0 N–H and O–H groups in total. The highest BCUT2D eigenvalue weighted by Gasteiger charge is 2.35. The fourth-order valence-corrected chi connectivity index (χ4v) is 2.00. The van der Waals surface area contributed by atoms with Gasteiger partial charge in [-0.15, -0.1) is 0 Å². The summed E-state index contributed by atoms with van der Waals surface area (Å²) in [4.78, 5) is 9.14. The maximum atomic E-state index is 12.5. The Morgan fingerprint density at radius 1 is 1.41 bits per heavy atom. The molecule has 0 bridgehead atoms. The predicted molar refractivity (Wildman–Crippen MR) is 56.3 cm³/mol. The molecular formula is C11H14F3N3. The number of fused-ring (bicyclic) bond motifs is 1. The molecule has 3 nitrogen and oxygen atoms in total. The molecule has 2 rings (SSSR count). The molecule has 0 aliphatic carbocycles. The molecule has 1 aromatic rings. The van der Waals surface area contributed by atoms with Gasteiger partial charge in [-0.05, 0) is 24.9 Å². The van der Waals surface area contributed by atoms with Crippen LogP contribution >= 0.6 is 0 Å². The Bertz CT molecular complexity index is 403. The fourth-order valence-electron chi connectivity index (χ4n) is 2.00. The van der Waals surface area contributed by atoms with Gasteiger partial charge in [0, 0.05) is 19.3 Å². The van der Waals surface area contributed by atoms with Crippen molar-refractivity contribution in [1.29, 1.82) is 0 Å².